The first-order valence-electron chi connectivity index (χ1n) is 5.26. The average molecular weight is 225 g/mol. The lowest BCUT2D eigenvalue weighted by molar-refractivity contribution is -0.141. The molecule has 5 heteroatoms. The van der Waals surface area contributed by atoms with Gasteiger partial charge in [-0.2, -0.15) is 0 Å². The number of nitrogens with zero attached hydrogens (tertiary/aromatic N) is 1. The quantitative estimate of drug-likeness (QED) is 0.576. The number of esters is 1. The van der Waals surface area contributed by atoms with Crippen molar-refractivity contribution >= 4 is 18.0 Å². The summed E-state index contributed by atoms with van der Waals surface area (Å²) in [5, 5.41) is 9.46. The van der Waals surface area contributed by atoms with E-state index in [1.165, 1.54) is 6.21 Å². The highest BCUT2D eigenvalue weighted by Gasteiger charge is 2.18. The van der Waals surface area contributed by atoms with Gasteiger partial charge in [0.1, 0.15) is 12.3 Å². The Morgan fingerprint density at radius 1 is 1.56 bits per heavy atom. The van der Waals surface area contributed by atoms with Gasteiger partial charge in [0.2, 0.25) is 0 Å². The van der Waals surface area contributed by atoms with Crippen LogP contribution < -0.4 is 0 Å². The number of aliphatic imine (C=N–C) groups is 1. The van der Waals surface area contributed by atoms with Crippen LogP contribution in [0.15, 0.2) is 16.3 Å². The summed E-state index contributed by atoms with van der Waals surface area (Å²) in [4.78, 5) is 26.1. The Kier molecular flexibility index (Phi) is 4.69. The second-order valence-corrected chi connectivity index (χ2v) is 3.41. The molecule has 16 heavy (non-hydrogen) atoms. The molecule has 0 bridgehead atoms. The van der Waals surface area contributed by atoms with Gasteiger partial charge in [-0.15, -0.1) is 0 Å². The van der Waals surface area contributed by atoms with Crippen LogP contribution in [0.2, 0.25) is 0 Å². The fourth-order valence-corrected chi connectivity index (χ4v) is 1.41. The zero-order chi connectivity index (χ0) is 12.0. The number of aliphatic hydroxyl groups is 1. The van der Waals surface area contributed by atoms with Gasteiger partial charge >= 0.3 is 5.97 Å². The standard InChI is InChI=1S/C11H15NO4/c1-2-16-11(15)7-12-6-8-9(13)4-3-5-10(8)14/h6,13H,2-5,7H2,1H3. The van der Waals surface area contributed by atoms with Crippen molar-refractivity contribution in [2.45, 2.75) is 26.2 Å². The molecule has 0 aromatic heterocycles. The second kappa shape index (κ2) is 6.05. The summed E-state index contributed by atoms with van der Waals surface area (Å²) in [7, 11) is 0. The van der Waals surface area contributed by atoms with Gasteiger partial charge in [-0.1, -0.05) is 0 Å². The summed E-state index contributed by atoms with van der Waals surface area (Å²) in [5.41, 5.74) is 0.218. The normalized spacial score (nSPS) is 16.9. The van der Waals surface area contributed by atoms with E-state index in [0.29, 0.717) is 25.9 Å². The number of ketones is 1. The zero-order valence-electron chi connectivity index (χ0n) is 9.23. The van der Waals surface area contributed by atoms with E-state index in [0.717, 1.165) is 0 Å². The first-order valence-corrected chi connectivity index (χ1v) is 5.26. The topological polar surface area (TPSA) is 76.0 Å². The van der Waals surface area contributed by atoms with Crippen LogP contribution in [0.1, 0.15) is 26.2 Å². The van der Waals surface area contributed by atoms with E-state index < -0.39 is 5.97 Å². The van der Waals surface area contributed by atoms with E-state index >= 15 is 0 Å². The molecule has 0 saturated heterocycles. The summed E-state index contributed by atoms with van der Waals surface area (Å²) in [6.07, 6.45) is 2.84. The van der Waals surface area contributed by atoms with Crippen LogP contribution in [0, 0.1) is 0 Å². The molecular weight excluding hydrogens is 210 g/mol. The molecule has 1 aliphatic rings. The molecule has 0 heterocycles. The first-order chi connectivity index (χ1) is 7.65. The molecule has 5 nitrogen and oxygen atoms in total. The molecule has 0 aliphatic heterocycles. The summed E-state index contributed by atoms with van der Waals surface area (Å²) >= 11 is 0. The predicted octanol–water partition coefficient (Wildman–Crippen LogP) is 1.19. The van der Waals surface area contributed by atoms with Gasteiger partial charge in [0, 0.05) is 19.1 Å². The van der Waals surface area contributed by atoms with E-state index in [2.05, 4.69) is 9.73 Å². The van der Waals surface area contributed by atoms with E-state index in [-0.39, 0.29) is 23.7 Å². The van der Waals surface area contributed by atoms with Crippen molar-refractivity contribution in [2.24, 2.45) is 4.99 Å². The van der Waals surface area contributed by atoms with Crippen molar-refractivity contribution in [1.82, 2.24) is 0 Å². The van der Waals surface area contributed by atoms with Crippen molar-refractivity contribution < 1.29 is 19.4 Å². The SMILES string of the molecule is CCOC(=O)CN=CC1=C(O)CCCC1=O. The first kappa shape index (κ1) is 12.4. The van der Waals surface area contributed by atoms with Gasteiger partial charge in [0.05, 0.1) is 12.2 Å². The smallest absolute Gasteiger partial charge is 0.327 e. The highest BCUT2D eigenvalue weighted by atomic mass is 16.5. The Labute approximate surface area is 93.8 Å². The van der Waals surface area contributed by atoms with E-state index in [1.807, 2.05) is 0 Å². The van der Waals surface area contributed by atoms with Crippen LogP contribution in [0.3, 0.4) is 0 Å². The maximum absolute atomic E-state index is 11.4. The molecule has 1 N–H and O–H groups in total. The minimum atomic E-state index is -0.443. The highest BCUT2D eigenvalue weighted by molar-refractivity contribution is 6.14. The van der Waals surface area contributed by atoms with Crippen molar-refractivity contribution in [1.29, 1.82) is 0 Å². The van der Waals surface area contributed by atoms with Crippen molar-refractivity contribution in [3.05, 3.63) is 11.3 Å². The van der Waals surface area contributed by atoms with Crippen LogP contribution >= 0.6 is 0 Å². The molecule has 0 saturated carbocycles. The van der Waals surface area contributed by atoms with E-state index in [1.54, 1.807) is 6.92 Å². The maximum atomic E-state index is 11.4. The molecule has 1 aliphatic carbocycles. The molecule has 0 spiro atoms. The number of carbonyl (C=O) groups is 2. The van der Waals surface area contributed by atoms with E-state index in [9.17, 15) is 14.7 Å². The molecule has 0 aromatic carbocycles. The molecule has 88 valence electrons. The van der Waals surface area contributed by atoms with Crippen LogP contribution in [0.5, 0.6) is 0 Å². The fourth-order valence-electron chi connectivity index (χ4n) is 1.41. The predicted molar refractivity (Wildman–Crippen MR) is 58.5 cm³/mol. The van der Waals surface area contributed by atoms with Gasteiger partial charge in [-0.3, -0.25) is 14.6 Å². The van der Waals surface area contributed by atoms with Crippen LogP contribution in [-0.2, 0) is 14.3 Å². The second-order valence-electron chi connectivity index (χ2n) is 3.41. The minimum absolute atomic E-state index is 0.0591. The number of hydrogen-bond donors (Lipinski definition) is 1. The molecular formula is C11H15NO4. The van der Waals surface area contributed by atoms with Crippen LogP contribution in [0.25, 0.3) is 0 Å². The van der Waals surface area contributed by atoms with Crippen molar-refractivity contribution in [3.8, 4) is 0 Å². The van der Waals surface area contributed by atoms with Crippen molar-refractivity contribution in [3.63, 3.8) is 0 Å². The van der Waals surface area contributed by atoms with Gasteiger partial charge in [-0.05, 0) is 13.3 Å². The number of aliphatic hydroxyl groups excluding tert-OH is 1. The number of carbonyl (C=O) groups excluding carboxylic acids is 2. The Balaban J connectivity index is 2.55. The Morgan fingerprint density at radius 3 is 2.94 bits per heavy atom. The summed E-state index contributed by atoms with van der Waals surface area (Å²) < 4.78 is 4.67. The molecule has 0 radical (unpaired) electrons. The monoisotopic (exact) mass is 225 g/mol. The summed E-state index contributed by atoms with van der Waals surface area (Å²) in [6, 6.07) is 0. The lowest BCUT2D eigenvalue weighted by Crippen LogP contribution is -2.14. The van der Waals surface area contributed by atoms with Gasteiger partial charge in [-0.25, -0.2) is 0 Å². The molecule has 0 unspecified atom stereocenters. The Hall–Kier alpha value is -1.65. The highest BCUT2D eigenvalue weighted by Crippen LogP contribution is 2.18. The van der Waals surface area contributed by atoms with Gasteiger partial charge in [0.15, 0.2) is 5.78 Å². The lowest BCUT2D eigenvalue weighted by Gasteiger charge is -2.10. The zero-order valence-corrected chi connectivity index (χ0v) is 9.23. The van der Waals surface area contributed by atoms with Crippen LogP contribution in [-0.4, -0.2) is 36.2 Å². The van der Waals surface area contributed by atoms with Gasteiger partial charge in [0.25, 0.3) is 0 Å². The minimum Gasteiger partial charge on any atom is -0.512 e. The number of ether oxygens (including phenoxy) is 1. The summed E-state index contributed by atoms with van der Waals surface area (Å²) in [6.45, 7) is 1.89. The third-order valence-corrected chi connectivity index (χ3v) is 2.17. The fraction of sp³-hybridized carbons (Fsp3) is 0.545. The maximum Gasteiger partial charge on any atom is 0.327 e. The number of Topliss-reactive ketones (excluding diaryl/α,β-unsaturated/α-hetero) is 1. The molecule has 1 rings (SSSR count). The molecule has 0 amide bonds. The Morgan fingerprint density at radius 2 is 2.31 bits per heavy atom. The van der Waals surface area contributed by atoms with Gasteiger partial charge < -0.3 is 9.84 Å². The third kappa shape index (κ3) is 3.49. The summed E-state index contributed by atoms with van der Waals surface area (Å²) in [5.74, 6) is -0.512. The average Bonchev–Trinajstić information content (AvgIpc) is 2.23. The van der Waals surface area contributed by atoms with Crippen LogP contribution in [0.4, 0.5) is 0 Å². The van der Waals surface area contributed by atoms with Crippen molar-refractivity contribution in [2.75, 3.05) is 13.2 Å². The number of hydrogen-bond acceptors (Lipinski definition) is 5. The largest absolute Gasteiger partial charge is 0.512 e. The number of allylic oxidation sites excluding steroid dienone is 2. The third-order valence-electron chi connectivity index (χ3n) is 2.17. The molecule has 0 fully saturated rings. The molecule has 0 aromatic rings. The van der Waals surface area contributed by atoms with E-state index in [4.69, 9.17) is 0 Å². The lowest BCUT2D eigenvalue weighted by atomic mass is 9.97. The number of rotatable bonds is 4. The molecule has 0 atom stereocenters. The Bertz CT molecular complexity index is 344.